The van der Waals surface area contributed by atoms with E-state index in [2.05, 4.69) is 30.6 Å². The molecule has 8 nitrogen and oxygen atoms in total. The van der Waals surface area contributed by atoms with Crippen LogP contribution in [0.5, 0.6) is 0 Å². The second-order valence-corrected chi connectivity index (χ2v) is 6.42. The Labute approximate surface area is 156 Å². The smallest absolute Gasteiger partial charge is 0.268 e. The lowest BCUT2D eigenvalue weighted by Crippen LogP contribution is -2.35. The third kappa shape index (κ3) is 3.00. The zero-order valence-corrected chi connectivity index (χ0v) is 15.1. The van der Waals surface area contributed by atoms with Crippen LogP contribution in [0.2, 0.25) is 0 Å². The van der Waals surface area contributed by atoms with Crippen LogP contribution in [0.1, 0.15) is 21.7 Å². The van der Waals surface area contributed by atoms with E-state index in [1.807, 2.05) is 26.0 Å². The topological polar surface area (TPSA) is 104 Å². The number of hydrogen-bond acceptors (Lipinski definition) is 6. The van der Waals surface area contributed by atoms with Crippen LogP contribution in [0.3, 0.4) is 0 Å². The van der Waals surface area contributed by atoms with E-state index in [0.717, 1.165) is 34.7 Å². The molecule has 4 rings (SSSR count). The lowest BCUT2D eigenvalue weighted by atomic mass is 10.1. The van der Waals surface area contributed by atoms with Crippen LogP contribution in [-0.4, -0.2) is 32.2 Å². The molecule has 4 N–H and O–H groups in total. The van der Waals surface area contributed by atoms with Crippen molar-refractivity contribution in [3.05, 3.63) is 53.5 Å². The van der Waals surface area contributed by atoms with Crippen LogP contribution in [0.4, 0.5) is 17.3 Å². The van der Waals surface area contributed by atoms with Crippen molar-refractivity contribution in [2.75, 3.05) is 17.3 Å². The van der Waals surface area contributed by atoms with Gasteiger partial charge in [-0.05, 0) is 43.7 Å². The van der Waals surface area contributed by atoms with Gasteiger partial charge < -0.3 is 15.2 Å². The summed E-state index contributed by atoms with van der Waals surface area (Å²) in [5, 5.41) is 15.1. The van der Waals surface area contributed by atoms with Crippen LogP contribution < -0.4 is 16.1 Å². The molecule has 1 aromatic carbocycles. The first kappa shape index (κ1) is 17.0. The zero-order chi connectivity index (χ0) is 19.0. The zero-order valence-electron chi connectivity index (χ0n) is 15.1. The first-order valence-electron chi connectivity index (χ1n) is 8.67. The highest BCUT2D eigenvalue weighted by molar-refractivity contribution is 5.97. The lowest BCUT2D eigenvalue weighted by Gasteiger charge is -2.17. The highest BCUT2D eigenvalue weighted by Crippen LogP contribution is 2.32. The molecule has 0 fully saturated rings. The Morgan fingerprint density at radius 2 is 2.04 bits per heavy atom. The Bertz CT molecular complexity index is 1030. The summed E-state index contributed by atoms with van der Waals surface area (Å²) in [6.45, 7) is 5.34. The number of nitrogens with zero attached hydrogens (tertiary/aromatic N) is 3. The van der Waals surface area contributed by atoms with E-state index in [0.29, 0.717) is 23.9 Å². The molecule has 0 saturated heterocycles. The molecule has 0 spiro atoms. The third-order valence-electron chi connectivity index (χ3n) is 4.76. The average Bonchev–Trinajstić information content (AvgIpc) is 2.94. The van der Waals surface area contributed by atoms with Crippen molar-refractivity contribution in [2.45, 2.75) is 20.4 Å². The molecule has 0 bridgehead atoms. The Balaban J connectivity index is 1.72. The summed E-state index contributed by atoms with van der Waals surface area (Å²) in [5.74, 6) is 0.392. The van der Waals surface area contributed by atoms with Crippen LogP contribution >= 0.6 is 0 Å². The maximum atomic E-state index is 12.3. The van der Waals surface area contributed by atoms with Crippen molar-refractivity contribution in [1.29, 1.82) is 0 Å². The molecule has 3 aromatic rings. The predicted octanol–water partition coefficient (Wildman–Crippen LogP) is 2.85. The summed E-state index contributed by atoms with van der Waals surface area (Å²) < 4.78 is 2.05. The summed E-state index contributed by atoms with van der Waals surface area (Å²) in [6.07, 6.45) is 1.69. The van der Waals surface area contributed by atoms with Crippen LogP contribution in [0, 0.1) is 13.8 Å². The summed E-state index contributed by atoms with van der Waals surface area (Å²) in [6, 6.07) is 8.99. The fraction of sp³-hybridized carbons (Fsp3) is 0.211. The Morgan fingerprint density at radius 1 is 1.22 bits per heavy atom. The van der Waals surface area contributed by atoms with E-state index in [9.17, 15) is 4.79 Å². The van der Waals surface area contributed by atoms with Crippen LogP contribution in [0.25, 0.3) is 11.3 Å². The molecule has 8 heteroatoms. The molecule has 2 aromatic heterocycles. The van der Waals surface area contributed by atoms with Crippen molar-refractivity contribution in [1.82, 2.24) is 19.9 Å². The number of carbonyl (C=O) groups excluding carboxylic acids is 1. The number of anilines is 3. The molecular weight excluding hydrogens is 344 g/mol. The van der Waals surface area contributed by atoms with Crippen molar-refractivity contribution in [3.63, 3.8) is 0 Å². The van der Waals surface area contributed by atoms with Gasteiger partial charge in [-0.3, -0.25) is 15.5 Å². The minimum atomic E-state index is -0.0474. The number of fused-ring (bicyclic) bond motifs is 1. The average molecular weight is 364 g/mol. The van der Waals surface area contributed by atoms with Crippen molar-refractivity contribution in [3.8, 4) is 11.3 Å². The summed E-state index contributed by atoms with van der Waals surface area (Å²) in [5.41, 5.74) is 7.78. The Kier molecular flexibility index (Phi) is 4.25. The summed E-state index contributed by atoms with van der Waals surface area (Å²) in [4.78, 5) is 21.2. The number of nitrogens with one attached hydrogen (secondary N) is 3. The molecule has 27 heavy (non-hydrogen) atoms. The van der Waals surface area contributed by atoms with E-state index in [4.69, 9.17) is 5.21 Å². The largest absolute Gasteiger partial charge is 0.349 e. The number of rotatable bonds is 4. The second kappa shape index (κ2) is 6.73. The maximum absolute atomic E-state index is 12.3. The predicted molar refractivity (Wildman–Crippen MR) is 102 cm³/mol. The first-order chi connectivity index (χ1) is 13.1. The molecular formula is C19H20N6O2. The van der Waals surface area contributed by atoms with Crippen molar-refractivity contribution in [2.24, 2.45) is 0 Å². The van der Waals surface area contributed by atoms with E-state index in [-0.39, 0.29) is 5.91 Å². The molecule has 0 radical (unpaired) electrons. The molecule has 0 atom stereocenters. The van der Waals surface area contributed by atoms with Gasteiger partial charge in [-0.1, -0.05) is 6.07 Å². The highest BCUT2D eigenvalue weighted by atomic mass is 16.5. The van der Waals surface area contributed by atoms with Crippen molar-refractivity contribution < 1.29 is 10.0 Å². The van der Waals surface area contributed by atoms with Gasteiger partial charge in [-0.15, -0.1) is 0 Å². The minimum absolute atomic E-state index is 0.0474. The fourth-order valence-electron chi connectivity index (χ4n) is 3.56. The molecule has 0 aliphatic carbocycles. The fourth-order valence-corrected chi connectivity index (χ4v) is 3.56. The van der Waals surface area contributed by atoms with Gasteiger partial charge in [0.1, 0.15) is 5.69 Å². The molecule has 1 amide bonds. The van der Waals surface area contributed by atoms with Gasteiger partial charge >= 0.3 is 0 Å². The van der Waals surface area contributed by atoms with Gasteiger partial charge in [0.25, 0.3) is 5.91 Å². The number of aromatic nitrogens is 3. The summed E-state index contributed by atoms with van der Waals surface area (Å²) in [7, 11) is 0. The lowest BCUT2D eigenvalue weighted by molar-refractivity contribution is 0.0926. The van der Waals surface area contributed by atoms with Gasteiger partial charge in [0.2, 0.25) is 5.95 Å². The molecule has 1 aliphatic rings. The Hall–Kier alpha value is -3.39. The first-order valence-corrected chi connectivity index (χ1v) is 8.67. The molecule has 3 heterocycles. The van der Waals surface area contributed by atoms with Gasteiger partial charge in [0, 0.05) is 36.2 Å². The van der Waals surface area contributed by atoms with E-state index in [1.165, 1.54) is 0 Å². The quantitative estimate of drug-likeness (QED) is 0.531. The SMILES string of the molecule is Cc1c(-c2ccnc(Nc3cccc(NO)c3)n2)c(C)n2c1C(=O)NCC2. The Morgan fingerprint density at radius 3 is 2.81 bits per heavy atom. The van der Waals surface area contributed by atoms with Gasteiger partial charge in [0.15, 0.2) is 0 Å². The van der Waals surface area contributed by atoms with E-state index in [1.54, 1.807) is 24.4 Å². The van der Waals surface area contributed by atoms with Crippen molar-refractivity contribution >= 4 is 23.2 Å². The molecule has 138 valence electrons. The summed E-state index contributed by atoms with van der Waals surface area (Å²) >= 11 is 0. The number of amides is 1. The number of benzene rings is 1. The standard InChI is InChI=1S/C19H20N6O2/c1-11-16(12(2)25-9-8-20-18(26)17(11)25)15-6-7-21-19(23-15)22-13-4-3-5-14(10-13)24-27/h3-7,10,24,27H,8-9H2,1-2H3,(H,20,26)(H,21,22,23). The van der Waals surface area contributed by atoms with E-state index >= 15 is 0 Å². The van der Waals surface area contributed by atoms with Gasteiger partial charge in [-0.25, -0.2) is 9.97 Å². The van der Waals surface area contributed by atoms with Crippen LogP contribution in [-0.2, 0) is 6.54 Å². The second-order valence-electron chi connectivity index (χ2n) is 6.42. The van der Waals surface area contributed by atoms with Crippen LogP contribution in [0.15, 0.2) is 36.5 Å². The van der Waals surface area contributed by atoms with Gasteiger partial charge in [-0.2, -0.15) is 0 Å². The molecule has 0 unspecified atom stereocenters. The third-order valence-corrected chi connectivity index (χ3v) is 4.76. The number of carbonyl (C=O) groups is 1. The molecule has 0 saturated carbocycles. The normalized spacial score (nSPS) is 13.1. The highest BCUT2D eigenvalue weighted by Gasteiger charge is 2.26. The molecule has 1 aliphatic heterocycles. The number of hydrogen-bond donors (Lipinski definition) is 4. The minimum Gasteiger partial charge on any atom is -0.349 e. The van der Waals surface area contributed by atoms with Gasteiger partial charge in [0.05, 0.1) is 11.4 Å². The monoisotopic (exact) mass is 364 g/mol. The van der Waals surface area contributed by atoms with E-state index < -0.39 is 0 Å². The maximum Gasteiger partial charge on any atom is 0.268 e.